The van der Waals surface area contributed by atoms with Gasteiger partial charge in [-0.25, -0.2) is 9.13 Å². The third-order valence-electron chi connectivity index (χ3n) is 17.0. The number of carbonyl (C=O) groups excluding carboxylic acids is 4. The zero-order valence-corrected chi connectivity index (χ0v) is 60.6. The Bertz CT molecular complexity index is 1790. The van der Waals surface area contributed by atoms with Crippen molar-refractivity contribution >= 4 is 39.5 Å². The summed E-state index contributed by atoms with van der Waals surface area (Å²) in [6, 6.07) is 0. The number of carbonyl (C=O) groups is 4. The molecule has 0 bridgehead atoms. The smallest absolute Gasteiger partial charge is 0.462 e. The molecule has 7 atom stereocenters. The molecule has 0 aliphatic rings. The van der Waals surface area contributed by atoms with Crippen molar-refractivity contribution in [3.8, 4) is 0 Å². The van der Waals surface area contributed by atoms with Crippen molar-refractivity contribution < 1.29 is 80.2 Å². The normalized spacial score (nSPS) is 14.9. The predicted molar refractivity (Wildman–Crippen MR) is 363 cm³/mol. The molecule has 0 aromatic rings. The van der Waals surface area contributed by atoms with Crippen LogP contribution in [0.25, 0.3) is 0 Å². The van der Waals surface area contributed by atoms with Crippen molar-refractivity contribution in [3.63, 3.8) is 0 Å². The number of hydrogen-bond acceptors (Lipinski definition) is 15. The van der Waals surface area contributed by atoms with Gasteiger partial charge in [-0.3, -0.25) is 37.3 Å². The van der Waals surface area contributed by atoms with Gasteiger partial charge in [-0.05, 0) is 49.4 Å². The Kier molecular flexibility index (Phi) is 59.4. The molecular weight excluding hydrogens is 1190 g/mol. The third kappa shape index (κ3) is 62.2. The fraction of sp³-hybridized carbons (Fsp3) is 0.944. The second kappa shape index (κ2) is 60.7. The quantitative estimate of drug-likeness (QED) is 0.0222. The molecule has 90 heavy (non-hydrogen) atoms. The van der Waals surface area contributed by atoms with Crippen LogP contribution in [0.1, 0.15) is 351 Å². The fourth-order valence-electron chi connectivity index (χ4n) is 10.6. The number of hydrogen-bond donors (Lipinski definition) is 3. The number of aliphatic hydroxyl groups excluding tert-OH is 1. The molecule has 0 aromatic heterocycles. The van der Waals surface area contributed by atoms with E-state index in [0.29, 0.717) is 25.7 Å². The van der Waals surface area contributed by atoms with E-state index in [9.17, 15) is 43.2 Å². The molecule has 0 spiro atoms. The highest BCUT2D eigenvalue weighted by Gasteiger charge is 2.30. The summed E-state index contributed by atoms with van der Waals surface area (Å²) in [4.78, 5) is 72.6. The molecule has 0 saturated heterocycles. The molecule has 0 heterocycles. The molecule has 0 rings (SSSR count). The number of phosphoric ester groups is 2. The van der Waals surface area contributed by atoms with Crippen molar-refractivity contribution in [2.45, 2.75) is 369 Å². The first-order chi connectivity index (χ1) is 43.2. The molecule has 0 aliphatic carbocycles. The molecule has 17 nitrogen and oxygen atoms in total. The van der Waals surface area contributed by atoms with Gasteiger partial charge in [-0.2, -0.15) is 0 Å². The van der Waals surface area contributed by atoms with E-state index in [1.165, 1.54) is 148 Å². The summed E-state index contributed by atoms with van der Waals surface area (Å²) in [5, 5.41) is 10.6. The number of phosphoric acid groups is 2. The van der Waals surface area contributed by atoms with Gasteiger partial charge in [-0.1, -0.05) is 299 Å². The monoisotopic (exact) mass is 1320 g/mol. The maximum atomic E-state index is 13.0. The van der Waals surface area contributed by atoms with Crippen LogP contribution in [0.4, 0.5) is 0 Å². The number of esters is 4. The molecule has 3 N–H and O–H groups in total. The van der Waals surface area contributed by atoms with Gasteiger partial charge < -0.3 is 33.8 Å². The van der Waals surface area contributed by atoms with E-state index in [4.69, 9.17) is 37.0 Å². The summed E-state index contributed by atoms with van der Waals surface area (Å²) in [6.45, 7) is 14.1. The van der Waals surface area contributed by atoms with Gasteiger partial charge in [0.2, 0.25) is 0 Å². The van der Waals surface area contributed by atoms with Crippen molar-refractivity contribution in [2.24, 2.45) is 23.7 Å². The van der Waals surface area contributed by atoms with Crippen LogP contribution < -0.4 is 0 Å². The van der Waals surface area contributed by atoms with E-state index in [1.54, 1.807) is 0 Å². The topological polar surface area (TPSA) is 237 Å². The van der Waals surface area contributed by atoms with E-state index >= 15 is 0 Å². The van der Waals surface area contributed by atoms with E-state index in [1.807, 2.05) is 0 Å². The Morgan fingerprint density at radius 2 is 0.533 bits per heavy atom. The van der Waals surface area contributed by atoms with Crippen LogP contribution in [0.5, 0.6) is 0 Å². The summed E-state index contributed by atoms with van der Waals surface area (Å²) in [5.74, 6) is 0.878. The average molecular weight is 1330 g/mol. The Hall–Kier alpha value is -1.94. The first-order valence-electron chi connectivity index (χ1n) is 36.8. The van der Waals surface area contributed by atoms with Crippen LogP contribution in [-0.2, 0) is 65.4 Å². The van der Waals surface area contributed by atoms with Crippen molar-refractivity contribution in [2.75, 3.05) is 39.6 Å². The molecule has 0 amide bonds. The van der Waals surface area contributed by atoms with Gasteiger partial charge in [0, 0.05) is 25.7 Å². The Labute approximate surface area is 549 Å². The van der Waals surface area contributed by atoms with E-state index in [2.05, 4.69) is 55.4 Å². The molecule has 0 radical (unpaired) electrons. The summed E-state index contributed by atoms with van der Waals surface area (Å²) in [6.07, 6.45) is 43.1. The highest BCUT2D eigenvalue weighted by molar-refractivity contribution is 7.47. The lowest BCUT2D eigenvalue weighted by atomic mass is 10.00. The summed E-state index contributed by atoms with van der Waals surface area (Å²) in [7, 11) is -9.90. The number of unbranched alkanes of at least 4 members (excludes halogenated alkanes) is 32. The van der Waals surface area contributed by atoms with E-state index in [0.717, 1.165) is 120 Å². The maximum Gasteiger partial charge on any atom is 0.472 e. The van der Waals surface area contributed by atoms with Gasteiger partial charge in [0.05, 0.1) is 26.4 Å². The van der Waals surface area contributed by atoms with Crippen LogP contribution in [0.2, 0.25) is 0 Å². The minimum absolute atomic E-state index is 0.102. The molecule has 0 saturated carbocycles. The van der Waals surface area contributed by atoms with Gasteiger partial charge in [0.15, 0.2) is 12.2 Å². The van der Waals surface area contributed by atoms with Crippen molar-refractivity contribution in [3.05, 3.63) is 0 Å². The Morgan fingerprint density at radius 3 is 0.789 bits per heavy atom. The summed E-state index contributed by atoms with van der Waals surface area (Å²) in [5.41, 5.74) is 0. The maximum absolute atomic E-state index is 13.0. The van der Waals surface area contributed by atoms with Gasteiger partial charge in [0.1, 0.15) is 19.3 Å². The molecule has 534 valence electrons. The van der Waals surface area contributed by atoms with Gasteiger partial charge in [-0.15, -0.1) is 0 Å². The lowest BCUT2D eigenvalue weighted by Crippen LogP contribution is -2.30. The number of aliphatic hydroxyl groups is 1. The Balaban J connectivity index is 5.23. The van der Waals surface area contributed by atoms with Crippen LogP contribution in [0, 0.1) is 23.7 Å². The van der Waals surface area contributed by atoms with E-state index < -0.39 is 97.5 Å². The number of ether oxygens (including phenoxy) is 4. The molecule has 0 aromatic carbocycles. The minimum atomic E-state index is -4.95. The second-order valence-corrected chi connectivity index (χ2v) is 30.0. The van der Waals surface area contributed by atoms with Crippen LogP contribution in [-0.4, -0.2) is 96.7 Å². The summed E-state index contributed by atoms with van der Waals surface area (Å²) < 4.78 is 68.3. The molecular formula is C71H138O17P2. The van der Waals surface area contributed by atoms with Gasteiger partial charge >= 0.3 is 39.5 Å². The first-order valence-corrected chi connectivity index (χ1v) is 39.8. The lowest BCUT2D eigenvalue weighted by Gasteiger charge is -2.21. The highest BCUT2D eigenvalue weighted by Crippen LogP contribution is 2.45. The lowest BCUT2D eigenvalue weighted by molar-refractivity contribution is -0.161. The fourth-order valence-corrected chi connectivity index (χ4v) is 12.2. The molecule has 19 heteroatoms. The first kappa shape index (κ1) is 88.1. The van der Waals surface area contributed by atoms with Crippen molar-refractivity contribution in [1.29, 1.82) is 0 Å². The van der Waals surface area contributed by atoms with Crippen molar-refractivity contribution in [1.82, 2.24) is 0 Å². The Morgan fingerprint density at radius 1 is 0.311 bits per heavy atom. The average Bonchev–Trinajstić information content (AvgIpc) is 3.72. The predicted octanol–water partition coefficient (Wildman–Crippen LogP) is 20.1. The zero-order chi connectivity index (χ0) is 66.8. The van der Waals surface area contributed by atoms with Crippen LogP contribution in [0.3, 0.4) is 0 Å². The van der Waals surface area contributed by atoms with Crippen LogP contribution >= 0.6 is 15.6 Å². The second-order valence-electron chi connectivity index (χ2n) is 27.1. The summed E-state index contributed by atoms with van der Waals surface area (Å²) >= 11 is 0. The van der Waals surface area contributed by atoms with Gasteiger partial charge in [0.25, 0.3) is 0 Å². The van der Waals surface area contributed by atoms with E-state index in [-0.39, 0.29) is 25.7 Å². The number of rotatable bonds is 68. The third-order valence-corrected chi connectivity index (χ3v) is 18.9. The zero-order valence-electron chi connectivity index (χ0n) is 58.8. The molecule has 4 unspecified atom stereocenters. The largest absolute Gasteiger partial charge is 0.472 e. The molecule has 0 aliphatic heterocycles. The standard InChI is InChI=1S/C71H138O17P2/c1-9-63(7)49-41-33-27-29-36-44-52-69(74)82-58-66(87-70(75)53-45-37-26-22-18-14-12-16-20-24-32-40-48-62(5)6)59-85-89(77,78)83-55-65(72)56-84-90(79,80)86-60-67(88-71(76)54-46-38-30-28-34-42-50-64(8)10-2)57-81-68(73)51-43-35-25-21-17-13-11-15-19-23-31-39-47-61(3)4/h61-67,72H,9-60H2,1-8H3,(H,77,78)(H,79,80)/t63?,64?,65-,66+,67+/m0/s1. The highest BCUT2D eigenvalue weighted by atomic mass is 31.2. The van der Waals surface area contributed by atoms with Crippen LogP contribution in [0.15, 0.2) is 0 Å². The SMILES string of the molecule is CCC(C)CCCCCCCCC(=O)OC[C@H](COP(=O)(O)OC[C@H](O)COP(=O)(O)OC[C@@H](COC(=O)CCCCCCCCCCCCCCC(C)C)OC(=O)CCCCCCCCC(C)CC)OC(=O)CCCCCCCCCCCCCCC(C)C. The molecule has 0 fully saturated rings. The minimum Gasteiger partial charge on any atom is -0.462 e.